The van der Waals surface area contributed by atoms with E-state index in [0.29, 0.717) is 6.42 Å². The van der Waals surface area contributed by atoms with Crippen molar-refractivity contribution in [1.82, 2.24) is 15.0 Å². The Balaban J connectivity index is 1.28. The standard InChI is InChI=1S/C23H18N6O2S2/c30-23-27-17-9-6-14(10-19(17)33-23)26-21-20-16-8-7-15(11-18(16)32-22(20)25-12-24-21)29(31)28-13-4-2-1-3-5-13/h1-6,9-10,12,15H,7-8,11H2,(H2-,24,25,26,27,28,30,31)/p+1. The first kappa shape index (κ1) is 20.0. The SMILES string of the molecule is O=c1[nH]c2ccc(Nc3ncnc4sc5c(c34)CCC([N+](=O)Nc3ccccc3)C5)cc2s1. The number of thiazole rings is 1. The lowest BCUT2D eigenvalue weighted by molar-refractivity contribution is -0.558. The number of hydrogen-bond acceptors (Lipinski definition) is 7. The number of aromatic nitrogens is 3. The van der Waals surface area contributed by atoms with Gasteiger partial charge in [0.15, 0.2) is 0 Å². The number of rotatable bonds is 5. The van der Waals surface area contributed by atoms with Gasteiger partial charge in [-0.25, -0.2) is 9.97 Å². The molecule has 0 saturated heterocycles. The molecule has 3 heterocycles. The van der Waals surface area contributed by atoms with Gasteiger partial charge >= 0.3 is 4.87 Å². The van der Waals surface area contributed by atoms with Crippen molar-refractivity contribution in [2.24, 2.45) is 0 Å². The Morgan fingerprint density at radius 2 is 1.94 bits per heavy atom. The van der Waals surface area contributed by atoms with Crippen molar-refractivity contribution >= 4 is 60.3 Å². The van der Waals surface area contributed by atoms with E-state index < -0.39 is 0 Å². The summed E-state index contributed by atoms with van der Waals surface area (Å²) in [5.41, 5.74) is 6.65. The Morgan fingerprint density at radius 1 is 1.06 bits per heavy atom. The fourth-order valence-electron chi connectivity index (χ4n) is 4.28. The van der Waals surface area contributed by atoms with Crippen LogP contribution in [0.2, 0.25) is 0 Å². The maximum atomic E-state index is 12.8. The van der Waals surface area contributed by atoms with Crippen molar-refractivity contribution in [3.63, 3.8) is 0 Å². The molecule has 1 unspecified atom stereocenters. The lowest BCUT2D eigenvalue weighted by atomic mass is 9.93. The quantitative estimate of drug-likeness (QED) is 0.244. The van der Waals surface area contributed by atoms with Crippen LogP contribution in [0.25, 0.3) is 20.4 Å². The predicted molar refractivity (Wildman–Crippen MR) is 133 cm³/mol. The van der Waals surface area contributed by atoms with E-state index in [2.05, 4.69) is 25.7 Å². The van der Waals surface area contributed by atoms with Crippen LogP contribution in [0.1, 0.15) is 16.9 Å². The van der Waals surface area contributed by atoms with Crippen LogP contribution in [-0.4, -0.2) is 25.9 Å². The van der Waals surface area contributed by atoms with E-state index in [-0.39, 0.29) is 10.9 Å². The number of benzene rings is 2. The minimum absolute atomic E-state index is 0.0674. The van der Waals surface area contributed by atoms with Gasteiger partial charge in [0.1, 0.15) is 27.5 Å². The lowest BCUT2D eigenvalue weighted by Gasteiger charge is -2.16. The van der Waals surface area contributed by atoms with Crippen molar-refractivity contribution < 1.29 is 4.87 Å². The summed E-state index contributed by atoms with van der Waals surface area (Å²) in [5, 5.41) is 4.43. The highest BCUT2D eigenvalue weighted by molar-refractivity contribution is 7.19. The summed E-state index contributed by atoms with van der Waals surface area (Å²) in [6, 6.07) is 15.1. The minimum atomic E-state index is -0.145. The molecule has 10 heteroatoms. The first-order valence-electron chi connectivity index (χ1n) is 10.6. The zero-order chi connectivity index (χ0) is 22.4. The first-order chi connectivity index (χ1) is 16.1. The number of nitrogens with one attached hydrogen (secondary N) is 3. The van der Waals surface area contributed by atoms with Crippen LogP contribution < -0.4 is 15.6 Å². The smallest absolute Gasteiger partial charge is 0.305 e. The maximum absolute atomic E-state index is 12.8. The lowest BCUT2D eigenvalue weighted by Crippen LogP contribution is -2.33. The number of H-pyrrole nitrogens is 1. The van der Waals surface area contributed by atoms with E-state index in [4.69, 9.17) is 0 Å². The van der Waals surface area contributed by atoms with Gasteiger partial charge in [0.05, 0.1) is 26.9 Å². The van der Waals surface area contributed by atoms with E-state index in [9.17, 15) is 9.70 Å². The first-order valence-corrected chi connectivity index (χ1v) is 12.2. The number of aromatic amines is 1. The monoisotopic (exact) mass is 475 g/mol. The Labute approximate surface area is 195 Å². The molecular weight excluding hydrogens is 456 g/mol. The molecule has 1 aliphatic carbocycles. The highest BCUT2D eigenvalue weighted by atomic mass is 32.1. The Bertz CT molecular complexity index is 1560. The number of para-hydroxylation sites is 1. The van der Waals surface area contributed by atoms with Crippen molar-refractivity contribution in [2.45, 2.75) is 25.3 Å². The van der Waals surface area contributed by atoms with Gasteiger partial charge in [-0.2, -0.15) is 0 Å². The predicted octanol–water partition coefficient (Wildman–Crippen LogP) is 5.00. The summed E-state index contributed by atoms with van der Waals surface area (Å²) in [7, 11) is 0. The van der Waals surface area contributed by atoms with Crippen LogP contribution in [0, 0.1) is 4.91 Å². The van der Waals surface area contributed by atoms with Gasteiger partial charge in [-0.3, -0.25) is 4.79 Å². The Hall–Kier alpha value is -3.63. The second-order valence-corrected chi connectivity index (χ2v) is 10.1. The maximum Gasteiger partial charge on any atom is 0.305 e. The molecule has 0 amide bonds. The summed E-state index contributed by atoms with van der Waals surface area (Å²) < 4.78 is 0.895. The average Bonchev–Trinajstić information content (AvgIpc) is 3.38. The molecule has 0 saturated carbocycles. The number of fused-ring (bicyclic) bond motifs is 4. The van der Waals surface area contributed by atoms with Crippen LogP contribution in [0.3, 0.4) is 0 Å². The molecule has 2 aromatic carbocycles. The van der Waals surface area contributed by atoms with Crippen molar-refractivity contribution in [3.05, 3.63) is 79.9 Å². The number of aryl methyl sites for hydroxylation is 1. The highest BCUT2D eigenvalue weighted by Crippen LogP contribution is 2.39. The largest absolute Gasteiger partial charge is 0.340 e. The fourth-order valence-corrected chi connectivity index (χ4v) is 6.31. The molecule has 0 spiro atoms. The van der Waals surface area contributed by atoms with Gasteiger partial charge in [-0.1, -0.05) is 29.5 Å². The van der Waals surface area contributed by atoms with Crippen LogP contribution in [0.5, 0.6) is 0 Å². The summed E-state index contributed by atoms with van der Waals surface area (Å²) in [5.74, 6) is 0.750. The second kappa shape index (κ2) is 8.05. The van der Waals surface area contributed by atoms with E-state index in [1.165, 1.54) is 21.8 Å². The molecular formula is C23H19N6O2S2+. The summed E-state index contributed by atoms with van der Waals surface area (Å²) in [6.07, 6.45) is 3.77. The molecule has 0 fully saturated rings. The van der Waals surface area contributed by atoms with Gasteiger partial charge in [0, 0.05) is 17.0 Å². The van der Waals surface area contributed by atoms with Crippen LogP contribution >= 0.6 is 22.7 Å². The zero-order valence-electron chi connectivity index (χ0n) is 17.4. The van der Waals surface area contributed by atoms with Gasteiger partial charge in [0.2, 0.25) is 6.04 Å². The zero-order valence-corrected chi connectivity index (χ0v) is 19.0. The van der Waals surface area contributed by atoms with Gasteiger partial charge in [-0.05, 0) is 42.3 Å². The summed E-state index contributed by atoms with van der Waals surface area (Å²) in [6.45, 7) is 0. The van der Waals surface area contributed by atoms with E-state index in [0.717, 1.165) is 55.3 Å². The van der Waals surface area contributed by atoms with Gasteiger partial charge in [0.25, 0.3) is 0 Å². The normalized spacial score (nSPS) is 15.5. The molecule has 6 rings (SSSR count). The summed E-state index contributed by atoms with van der Waals surface area (Å²) >= 11 is 2.82. The number of hydrazine groups is 1. The molecule has 1 atom stereocenters. The molecule has 3 aromatic heterocycles. The Morgan fingerprint density at radius 3 is 2.82 bits per heavy atom. The molecule has 1 aliphatic rings. The van der Waals surface area contributed by atoms with Crippen LogP contribution in [-0.2, 0) is 12.8 Å². The third-order valence-electron chi connectivity index (χ3n) is 5.85. The fraction of sp³-hybridized carbons (Fsp3) is 0.174. The molecule has 33 heavy (non-hydrogen) atoms. The van der Waals surface area contributed by atoms with Crippen LogP contribution in [0.15, 0.2) is 59.7 Å². The number of hydrogen-bond donors (Lipinski definition) is 3. The average molecular weight is 476 g/mol. The van der Waals surface area contributed by atoms with Crippen molar-refractivity contribution in [1.29, 1.82) is 0 Å². The van der Waals surface area contributed by atoms with E-state index >= 15 is 0 Å². The van der Waals surface area contributed by atoms with Crippen molar-refractivity contribution in [2.75, 3.05) is 10.7 Å². The topological polar surface area (TPSA) is 103 Å². The Kier molecular flexibility index (Phi) is 4.88. The number of thiophene rings is 1. The van der Waals surface area contributed by atoms with E-state index in [1.807, 2.05) is 48.5 Å². The third kappa shape index (κ3) is 3.77. The molecule has 5 aromatic rings. The number of nitrogens with zero attached hydrogens (tertiary/aromatic N) is 3. The molecule has 164 valence electrons. The van der Waals surface area contributed by atoms with Crippen LogP contribution in [0.4, 0.5) is 17.2 Å². The number of nitroso groups, excluding NO2 is 1. The third-order valence-corrected chi connectivity index (χ3v) is 7.86. The van der Waals surface area contributed by atoms with Crippen molar-refractivity contribution in [3.8, 4) is 0 Å². The second-order valence-electron chi connectivity index (χ2n) is 7.96. The molecule has 0 aliphatic heterocycles. The van der Waals surface area contributed by atoms with E-state index in [1.54, 1.807) is 17.7 Å². The minimum Gasteiger partial charge on any atom is -0.340 e. The highest BCUT2D eigenvalue weighted by Gasteiger charge is 2.34. The van der Waals surface area contributed by atoms with Gasteiger partial charge < -0.3 is 10.3 Å². The molecule has 0 bridgehead atoms. The molecule has 8 nitrogen and oxygen atoms in total. The van der Waals surface area contributed by atoms with Gasteiger partial charge in [-0.15, -0.1) is 16.8 Å². The number of anilines is 3. The molecule has 3 N–H and O–H groups in total. The summed E-state index contributed by atoms with van der Waals surface area (Å²) in [4.78, 5) is 39.2. The molecule has 0 radical (unpaired) electrons.